The van der Waals surface area contributed by atoms with Gasteiger partial charge in [-0.25, -0.2) is 0 Å². The fourth-order valence-electron chi connectivity index (χ4n) is 4.27. The minimum absolute atomic E-state index is 0.00987. The van der Waals surface area contributed by atoms with Gasteiger partial charge >= 0.3 is 0 Å². The van der Waals surface area contributed by atoms with E-state index in [-0.39, 0.29) is 17.1 Å². The SMILES string of the molecule is O=[N+]([O-])c1ccccc1C=NCCCN(CCCN=Cc1ccccc1[N+](=O)[O-])CCCN=Cc1ccccc1[N+](=O)[O-]. The Morgan fingerprint density at radius 1 is 0.512 bits per heavy atom. The maximum atomic E-state index is 11.2. The van der Waals surface area contributed by atoms with Crippen LogP contribution in [0.15, 0.2) is 87.8 Å². The van der Waals surface area contributed by atoms with Crippen LogP contribution in [0.25, 0.3) is 0 Å². The van der Waals surface area contributed by atoms with Crippen LogP contribution < -0.4 is 0 Å². The average molecular weight is 588 g/mol. The van der Waals surface area contributed by atoms with E-state index in [0.29, 0.717) is 36.3 Å². The van der Waals surface area contributed by atoms with E-state index in [2.05, 4.69) is 19.9 Å². The van der Waals surface area contributed by atoms with Crippen molar-refractivity contribution in [3.8, 4) is 0 Å². The molecule has 0 aromatic heterocycles. The van der Waals surface area contributed by atoms with Crippen LogP contribution in [0.2, 0.25) is 0 Å². The van der Waals surface area contributed by atoms with Gasteiger partial charge < -0.3 is 4.90 Å². The second-order valence-corrected chi connectivity index (χ2v) is 9.46. The van der Waals surface area contributed by atoms with Gasteiger partial charge in [0.05, 0.1) is 31.5 Å². The fraction of sp³-hybridized carbons (Fsp3) is 0.300. The number of nitro groups is 3. The van der Waals surface area contributed by atoms with Crippen molar-refractivity contribution in [3.63, 3.8) is 0 Å². The zero-order chi connectivity index (χ0) is 30.9. The Bertz CT molecular complexity index is 1300. The molecule has 0 aliphatic heterocycles. The molecule has 0 unspecified atom stereocenters. The first-order chi connectivity index (χ1) is 20.9. The number of rotatable bonds is 18. The molecular weight excluding hydrogens is 554 g/mol. The van der Waals surface area contributed by atoms with E-state index in [1.165, 1.54) is 36.8 Å². The van der Waals surface area contributed by atoms with Gasteiger partial charge in [0, 0.05) is 56.5 Å². The van der Waals surface area contributed by atoms with Crippen LogP contribution in [0.1, 0.15) is 36.0 Å². The van der Waals surface area contributed by atoms with Gasteiger partial charge in [0.1, 0.15) is 0 Å². The summed E-state index contributed by atoms with van der Waals surface area (Å²) >= 11 is 0. The maximum absolute atomic E-state index is 11.2. The molecule has 0 aliphatic carbocycles. The van der Waals surface area contributed by atoms with E-state index in [9.17, 15) is 30.3 Å². The first-order valence-electron chi connectivity index (χ1n) is 13.8. The number of nitrogens with zero attached hydrogens (tertiary/aromatic N) is 7. The van der Waals surface area contributed by atoms with Gasteiger partial charge in [-0.3, -0.25) is 45.3 Å². The normalized spacial score (nSPS) is 11.7. The number of benzene rings is 3. The lowest BCUT2D eigenvalue weighted by Gasteiger charge is -2.21. The van der Waals surface area contributed by atoms with Gasteiger partial charge in [0.25, 0.3) is 17.1 Å². The second-order valence-electron chi connectivity index (χ2n) is 9.46. The molecule has 0 heterocycles. The van der Waals surface area contributed by atoms with E-state index in [4.69, 9.17) is 0 Å². The molecule has 224 valence electrons. The molecule has 0 N–H and O–H groups in total. The van der Waals surface area contributed by atoms with Crippen molar-refractivity contribution in [2.75, 3.05) is 39.3 Å². The van der Waals surface area contributed by atoms with Crippen LogP contribution in [0.4, 0.5) is 17.1 Å². The summed E-state index contributed by atoms with van der Waals surface area (Å²) in [5.41, 5.74) is 1.40. The molecule has 0 saturated heterocycles. The predicted octanol–water partition coefficient (Wildman–Crippen LogP) is 5.54. The predicted molar refractivity (Wildman–Crippen MR) is 167 cm³/mol. The van der Waals surface area contributed by atoms with Crippen LogP contribution in [0.3, 0.4) is 0 Å². The number of nitro benzene ring substituents is 3. The summed E-state index contributed by atoms with van der Waals surface area (Å²) in [6.07, 6.45) is 6.77. The van der Waals surface area contributed by atoms with Crippen LogP contribution in [-0.2, 0) is 0 Å². The monoisotopic (exact) mass is 587 g/mol. The highest BCUT2D eigenvalue weighted by Gasteiger charge is 2.12. The van der Waals surface area contributed by atoms with Gasteiger partial charge in [-0.05, 0) is 57.1 Å². The van der Waals surface area contributed by atoms with Crippen molar-refractivity contribution in [3.05, 3.63) is 120 Å². The van der Waals surface area contributed by atoms with E-state index in [0.717, 1.165) is 38.9 Å². The Hall–Kier alpha value is -5.17. The van der Waals surface area contributed by atoms with Gasteiger partial charge in [0.15, 0.2) is 0 Å². The number of hydrogen-bond acceptors (Lipinski definition) is 10. The summed E-state index contributed by atoms with van der Waals surface area (Å²) in [6.45, 7) is 3.68. The highest BCUT2D eigenvalue weighted by Crippen LogP contribution is 2.17. The zero-order valence-corrected chi connectivity index (χ0v) is 23.6. The zero-order valence-electron chi connectivity index (χ0n) is 23.6. The lowest BCUT2D eigenvalue weighted by molar-refractivity contribution is -0.385. The van der Waals surface area contributed by atoms with Gasteiger partial charge in [-0.15, -0.1) is 0 Å². The van der Waals surface area contributed by atoms with Crippen LogP contribution in [-0.4, -0.2) is 77.6 Å². The van der Waals surface area contributed by atoms with Crippen LogP contribution in [0.5, 0.6) is 0 Å². The Balaban J connectivity index is 1.53. The molecule has 3 rings (SSSR count). The molecule has 3 aromatic rings. The Morgan fingerprint density at radius 2 is 0.791 bits per heavy atom. The fourth-order valence-corrected chi connectivity index (χ4v) is 4.27. The van der Waals surface area contributed by atoms with Gasteiger partial charge in [-0.2, -0.15) is 0 Å². The van der Waals surface area contributed by atoms with Crippen molar-refractivity contribution in [2.24, 2.45) is 15.0 Å². The summed E-state index contributed by atoms with van der Waals surface area (Å²) in [6, 6.07) is 19.3. The summed E-state index contributed by atoms with van der Waals surface area (Å²) in [7, 11) is 0. The summed E-state index contributed by atoms with van der Waals surface area (Å²) in [4.78, 5) is 47.7. The van der Waals surface area contributed by atoms with Crippen molar-refractivity contribution < 1.29 is 14.8 Å². The highest BCUT2D eigenvalue weighted by molar-refractivity contribution is 5.86. The van der Waals surface area contributed by atoms with Gasteiger partial charge in [-0.1, -0.05) is 36.4 Å². The largest absolute Gasteiger partial charge is 0.303 e. The smallest absolute Gasteiger partial charge is 0.278 e. The molecule has 0 atom stereocenters. The Labute approximate surface area is 248 Å². The van der Waals surface area contributed by atoms with Crippen molar-refractivity contribution >= 4 is 35.7 Å². The molecule has 0 aliphatic rings. The summed E-state index contributed by atoms with van der Waals surface area (Å²) in [5.74, 6) is 0. The Morgan fingerprint density at radius 3 is 1.07 bits per heavy atom. The molecule has 0 radical (unpaired) electrons. The quantitative estimate of drug-likeness (QED) is 0.0814. The third-order valence-electron chi connectivity index (χ3n) is 6.38. The van der Waals surface area contributed by atoms with E-state index < -0.39 is 14.8 Å². The molecule has 0 spiro atoms. The first-order valence-corrected chi connectivity index (χ1v) is 13.8. The molecule has 0 saturated carbocycles. The minimum Gasteiger partial charge on any atom is -0.303 e. The topological polar surface area (TPSA) is 170 Å². The van der Waals surface area contributed by atoms with Crippen molar-refractivity contribution in [2.45, 2.75) is 19.3 Å². The number of aliphatic imine (C=N–C) groups is 3. The Kier molecular flexibility index (Phi) is 13.2. The number of hydrogen-bond donors (Lipinski definition) is 0. The lowest BCUT2D eigenvalue weighted by Crippen LogP contribution is -2.28. The minimum atomic E-state index is -0.431. The molecule has 0 amide bonds. The molecule has 0 bridgehead atoms. The van der Waals surface area contributed by atoms with E-state index in [1.54, 1.807) is 54.6 Å². The lowest BCUT2D eigenvalue weighted by atomic mass is 10.2. The molecular formula is C30H33N7O6. The van der Waals surface area contributed by atoms with Gasteiger partial charge in [0.2, 0.25) is 0 Å². The summed E-state index contributed by atoms with van der Waals surface area (Å²) < 4.78 is 0. The highest BCUT2D eigenvalue weighted by atomic mass is 16.6. The molecule has 43 heavy (non-hydrogen) atoms. The molecule has 13 heteroatoms. The first kappa shape index (κ1) is 32.3. The summed E-state index contributed by atoms with van der Waals surface area (Å²) in [5, 5.41) is 33.6. The number of para-hydroxylation sites is 3. The molecule has 13 nitrogen and oxygen atoms in total. The molecule has 0 fully saturated rings. The van der Waals surface area contributed by atoms with Crippen LogP contribution >= 0.6 is 0 Å². The maximum Gasteiger partial charge on any atom is 0.278 e. The third kappa shape index (κ3) is 11.0. The second kappa shape index (κ2) is 17.6. The van der Waals surface area contributed by atoms with Crippen molar-refractivity contribution in [1.29, 1.82) is 0 Å². The van der Waals surface area contributed by atoms with E-state index >= 15 is 0 Å². The third-order valence-corrected chi connectivity index (χ3v) is 6.38. The average Bonchev–Trinajstić information content (AvgIpc) is 3.00. The van der Waals surface area contributed by atoms with Crippen molar-refractivity contribution in [1.82, 2.24) is 4.90 Å². The van der Waals surface area contributed by atoms with Crippen LogP contribution in [0, 0.1) is 30.3 Å². The van der Waals surface area contributed by atoms with E-state index in [1.807, 2.05) is 0 Å². The standard InChI is InChI=1S/C30H33N7O6/c38-35(39)28-13-4-1-10-25(28)22-31-16-7-19-34(20-8-17-32-23-26-11-2-5-14-29(26)36(40)41)21-9-18-33-24-27-12-3-6-15-30(27)37(42)43/h1-6,10-15,22-24H,7-9,16-21H2. The molecule has 3 aromatic carbocycles.